The second-order valence-electron chi connectivity index (χ2n) is 2.32. The van der Waals surface area contributed by atoms with Crippen LogP contribution in [0.15, 0.2) is 23.1 Å². The summed E-state index contributed by atoms with van der Waals surface area (Å²) in [5, 5.41) is 9.01. The van der Waals surface area contributed by atoms with Crippen LogP contribution >= 0.6 is 0 Å². The largest absolute Gasteiger partial charge is 0.506 e. The molecule has 0 atom stereocenters. The van der Waals surface area contributed by atoms with Gasteiger partial charge in [0.1, 0.15) is 16.9 Å². The summed E-state index contributed by atoms with van der Waals surface area (Å²) in [5.41, 5.74) is 0.0606. The standard InChI is InChI=1S/C7H6O5S.Ca/c8-4-5-1-2-6(9)7(3-5)13(10,11)12;/h1-4,9H,(H,10,11,12);. The smallest absolute Gasteiger partial charge is 0.298 e. The van der Waals surface area contributed by atoms with Gasteiger partial charge in [0.15, 0.2) is 0 Å². The molecule has 0 unspecified atom stereocenters. The van der Waals surface area contributed by atoms with Gasteiger partial charge in [-0.1, -0.05) is 0 Å². The molecule has 7 heteroatoms. The van der Waals surface area contributed by atoms with E-state index in [2.05, 4.69) is 0 Å². The fourth-order valence-electron chi connectivity index (χ4n) is 0.811. The van der Waals surface area contributed by atoms with Crippen molar-refractivity contribution in [2.45, 2.75) is 4.90 Å². The van der Waals surface area contributed by atoms with E-state index in [0.29, 0.717) is 6.29 Å². The number of carbonyl (C=O) groups is 1. The van der Waals surface area contributed by atoms with Crippen molar-refractivity contribution in [3.63, 3.8) is 0 Å². The van der Waals surface area contributed by atoms with Gasteiger partial charge in [-0.05, 0) is 18.2 Å². The van der Waals surface area contributed by atoms with Crippen LogP contribution in [0.25, 0.3) is 0 Å². The summed E-state index contributed by atoms with van der Waals surface area (Å²) in [6.07, 6.45) is 0.411. The number of phenolic OH excluding ortho intramolecular Hbond substituents is 1. The van der Waals surface area contributed by atoms with Crippen LogP contribution in [0.5, 0.6) is 5.75 Å². The van der Waals surface area contributed by atoms with Crippen molar-refractivity contribution in [1.82, 2.24) is 0 Å². The summed E-state index contributed by atoms with van der Waals surface area (Å²) in [7, 11) is -4.47. The van der Waals surface area contributed by atoms with Crippen LogP contribution in [0.4, 0.5) is 0 Å². The normalized spacial score (nSPS) is 10.4. The zero-order chi connectivity index (χ0) is 10.1. The minimum Gasteiger partial charge on any atom is -0.506 e. The molecule has 0 aliphatic rings. The first-order valence-electron chi connectivity index (χ1n) is 3.21. The summed E-state index contributed by atoms with van der Waals surface area (Å²) in [4.78, 5) is 9.57. The molecule has 1 aromatic rings. The summed E-state index contributed by atoms with van der Waals surface area (Å²) in [5.74, 6) is -0.590. The van der Waals surface area contributed by atoms with Gasteiger partial charge in [0, 0.05) is 43.3 Å². The average molecular weight is 242 g/mol. The van der Waals surface area contributed by atoms with E-state index in [-0.39, 0.29) is 43.3 Å². The molecular weight excluding hydrogens is 236 g/mol. The van der Waals surface area contributed by atoms with Crippen LogP contribution in [0.2, 0.25) is 0 Å². The van der Waals surface area contributed by atoms with Gasteiger partial charge in [0.25, 0.3) is 10.1 Å². The van der Waals surface area contributed by atoms with E-state index in [0.717, 1.165) is 12.1 Å². The third-order valence-electron chi connectivity index (χ3n) is 1.40. The maximum atomic E-state index is 10.6. The first-order valence-corrected chi connectivity index (χ1v) is 4.65. The molecule has 0 aliphatic carbocycles. The third-order valence-corrected chi connectivity index (χ3v) is 2.28. The number of carbonyl (C=O) groups excluding carboxylic acids is 1. The van der Waals surface area contributed by atoms with Gasteiger partial charge in [0.05, 0.1) is 0 Å². The molecule has 5 nitrogen and oxygen atoms in total. The van der Waals surface area contributed by atoms with Crippen LogP contribution in [-0.4, -0.2) is 62.1 Å². The van der Waals surface area contributed by atoms with Crippen molar-refractivity contribution in [2.24, 2.45) is 0 Å². The molecule has 0 amide bonds. The molecule has 0 spiro atoms. The predicted octanol–water partition coefficient (Wildman–Crippen LogP) is 0.0706. The third kappa shape index (κ3) is 3.21. The Balaban J connectivity index is 0.00000169. The van der Waals surface area contributed by atoms with E-state index in [1.807, 2.05) is 0 Å². The van der Waals surface area contributed by atoms with Crippen LogP contribution in [0.1, 0.15) is 10.4 Å². The van der Waals surface area contributed by atoms with Gasteiger partial charge in [-0.25, -0.2) is 0 Å². The summed E-state index contributed by atoms with van der Waals surface area (Å²) in [6.45, 7) is 0. The van der Waals surface area contributed by atoms with Crippen LogP contribution in [-0.2, 0) is 10.1 Å². The van der Waals surface area contributed by atoms with Gasteiger partial charge < -0.3 is 5.11 Å². The van der Waals surface area contributed by atoms with E-state index in [1.165, 1.54) is 6.07 Å². The summed E-state index contributed by atoms with van der Waals surface area (Å²) >= 11 is 0. The molecule has 1 rings (SSSR count). The average Bonchev–Trinajstić information content (AvgIpc) is 2.03. The second-order valence-corrected chi connectivity index (χ2v) is 3.71. The van der Waals surface area contributed by atoms with Crippen molar-refractivity contribution < 1.29 is 22.9 Å². The molecule has 2 N–H and O–H groups in total. The molecular formula is C7H6CaO5S. The quantitative estimate of drug-likeness (QED) is 0.435. The molecule has 0 aromatic heterocycles. The fourth-order valence-corrected chi connectivity index (χ4v) is 1.43. The Hall–Kier alpha value is -0.140. The zero-order valence-corrected chi connectivity index (χ0v) is 10.1. The fraction of sp³-hybridized carbons (Fsp3) is 0. The van der Waals surface area contributed by atoms with Crippen LogP contribution in [0.3, 0.4) is 0 Å². The number of phenols is 1. The molecule has 72 valence electrons. The maximum Gasteiger partial charge on any atom is 0.298 e. The zero-order valence-electron chi connectivity index (χ0n) is 7.04. The van der Waals surface area contributed by atoms with Crippen LogP contribution < -0.4 is 0 Å². The number of hydrogen-bond donors (Lipinski definition) is 2. The maximum absolute atomic E-state index is 10.6. The van der Waals surface area contributed by atoms with E-state index in [9.17, 15) is 13.2 Å². The molecule has 2 radical (unpaired) electrons. The van der Waals surface area contributed by atoms with Crippen molar-refractivity contribution in [1.29, 1.82) is 0 Å². The molecule has 0 saturated heterocycles. The van der Waals surface area contributed by atoms with E-state index in [1.54, 1.807) is 0 Å². The Morgan fingerprint density at radius 3 is 2.29 bits per heavy atom. The Bertz CT molecular complexity index is 439. The Morgan fingerprint density at radius 1 is 1.29 bits per heavy atom. The first-order chi connectivity index (χ1) is 5.95. The van der Waals surface area contributed by atoms with Gasteiger partial charge in [-0.3, -0.25) is 9.35 Å². The summed E-state index contributed by atoms with van der Waals surface area (Å²) < 4.78 is 29.8. The van der Waals surface area contributed by atoms with Crippen molar-refractivity contribution >= 4 is 54.1 Å². The van der Waals surface area contributed by atoms with Gasteiger partial charge in [-0.2, -0.15) is 8.42 Å². The number of benzene rings is 1. The first kappa shape index (κ1) is 13.9. The number of aldehydes is 1. The van der Waals surface area contributed by atoms with E-state index < -0.39 is 20.8 Å². The molecule has 14 heavy (non-hydrogen) atoms. The topological polar surface area (TPSA) is 91.7 Å². The predicted molar refractivity (Wildman–Crippen MR) is 49.1 cm³/mol. The number of hydrogen-bond acceptors (Lipinski definition) is 4. The molecule has 0 heterocycles. The second kappa shape index (κ2) is 5.09. The molecule has 0 fully saturated rings. The SMILES string of the molecule is O=Cc1ccc(O)c(S(=O)(=O)O)c1.[Ca]. The van der Waals surface area contributed by atoms with Crippen LogP contribution in [0, 0.1) is 0 Å². The minimum atomic E-state index is -4.47. The Labute approximate surface area is 110 Å². The Kier molecular flexibility index (Phi) is 5.03. The van der Waals surface area contributed by atoms with Crippen molar-refractivity contribution in [3.8, 4) is 5.75 Å². The molecule has 0 saturated carbocycles. The monoisotopic (exact) mass is 242 g/mol. The Morgan fingerprint density at radius 2 is 1.86 bits per heavy atom. The molecule has 0 bridgehead atoms. The van der Waals surface area contributed by atoms with E-state index in [4.69, 9.17) is 9.66 Å². The molecule has 1 aromatic carbocycles. The van der Waals surface area contributed by atoms with Crippen molar-refractivity contribution in [2.75, 3.05) is 0 Å². The molecule has 0 aliphatic heterocycles. The van der Waals surface area contributed by atoms with Gasteiger partial charge >= 0.3 is 0 Å². The van der Waals surface area contributed by atoms with Gasteiger partial charge in [0.2, 0.25) is 0 Å². The van der Waals surface area contributed by atoms with Gasteiger partial charge in [-0.15, -0.1) is 0 Å². The minimum absolute atomic E-state index is 0. The summed E-state index contributed by atoms with van der Waals surface area (Å²) in [6, 6.07) is 3.14. The number of aromatic hydroxyl groups is 1. The van der Waals surface area contributed by atoms with Crippen molar-refractivity contribution in [3.05, 3.63) is 23.8 Å². The number of rotatable bonds is 2. The van der Waals surface area contributed by atoms with E-state index >= 15 is 0 Å².